The van der Waals surface area contributed by atoms with E-state index in [1.807, 2.05) is 20.8 Å². The molecule has 0 radical (unpaired) electrons. The Labute approximate surface area is 229 Å². The van der Waals surface area contributed by atoms with Gasteiger partial charge < -0.3 is 20.1 Å². The monoisotopic (exact) mass is 547 g/mol. The summed E-state index contributed by atoms with van der Waals surface area (Å²) in [6.45, 7) is 5.64. The predicted octanol–water partition coefficient (Wildman–Crippen LogP) is 4.75. The zero-order chi connectivity index (χ0) is 28.9. The molecular weight excluding hydrogens is 520 g/mol. The summed E-state index contributed by atoms with van der Waals surface area (Å²) < 4.78 is 41.7. The van der Waals surface area contributed by atoms with E-state index in [2.05, 4.69) is 10.1 Å². The number of nitrogens with zero attached hydrogens (tertiary/aromatic N) is 4. The molecule has 0 saturated heterocycles. The van der Waals surface area contributed by atoms with Crippen LogP contribution in [-0.4, -0.2) is 51.2 Å². The Balaban J connectivity index is 1.79. The van der Waals surface area contributed by atoms with E-state index in [4.69, 9.17) is 15.2 Å². The number of amides is 2. The van der Waals surface area contributed by atoms with E-state index in [1.54, 1.807) is 36.3 Å². The maximum Gasteiger partial charge on any atom is 0.274 e. The molecule has 1 aliphatic heterocycles. The van der Waals surface area contributed by atoms with Crippen molar-refractivity contribution in [2.45, 2.75) is 32.9 Å². The van der Waals surface area contributed by atoms with Crippen molar-refractivity contribution in [3.63, 3.8) is 0 Å². The minimum Gasteiger partial charge on any atom is -0.496 e. The van der Waals surface area contributed by atoms with Crippen molar-refractivity contribution in [1.82, 2.24) is 19.7 Å². The van der Waals surface area contributed by atoms with Crippen molar-refractivity contribution >= 4 is 11.8 Å². The number of hydrogen-bond donors (Lipinski definition) is 1. The number of pyridine rings is 1. The molecular formula is C29H27F2N5O4. The molecule has 206 valence electrons. The Hall–Kier alpha value is -4.80. The van der Waals surface area contributed by atoms with E-state index in [-0.39, 0.29) is 29.5 Å². The molecule has 0 fully saturated rings. The number of halogens is 2. The lowest BCUT2D eigenvalue weighted by atomic mass is 9.95. The molecule has 1 aliphatic rings. The minimum atomic E-state index is -0.795. The Morgan fingerprint density at radius 1 is 1.05 bits per heavy atom. The molecule has 0 aliphatic carbocycles. The average Bonchev–Trinajstić information content (AvgIpc) is 3.30. The SMILES string of the molecule is COc1cc2c(cc1-c1cncc(C(N)=O)c1)-c1c(c(C(=O)N(C)C(C)(C)C)nn1-c1cc(F)cc(F)c1)CO2. The molecule has 4 aromatic rings. The smallest absolute Gasteiger partial charge is 0.274 e. The van der Waals surface area contributed by atoms with Gasteiger partial charge in [-0.15, -0.1) is 0 Å². The third-order valence-corrected chi connectivity index (χ3v) is 6.85. The molecule has 0 spiro atoms. The number of ether oxygens (including phenoxy) is 2. The Morgan fingerprint density at radius 3 is 2.38 bits per heavy atom. The first-order valence-corrected chi connectivity index (χ1v) is 12.4. The fraction of sp³-hybridized carbons (Fsp3) is 0.241. The third kappa shape index (κ3) is 4.63. The van der Waals surface area contributed by atoms with E-state index in [0.29, 0.717) is 39.4 Å². The van der Waals surface area contributed by atoms with Crippen molar-refractivity contribution in [3.05, 3.63) is 77.2 Å². The molecule has 40 heavy (non-hydrogen) atoms. The topological polar surface area (TPSA) is 113 Å². The standard InChI is InChI=1S/C29H27F2N5O4/c1-29(2,3)35(4)28(38)25-22-14-40-24-11-23(39-5)20(15-6-16(27(32)37)13-33-12-15)10-21(24)26(22)36(34-25)19-8-17(30)7-18(31)9-19/h6-13H,14H2,1-5H3,(H2,32,37). The second-order valence-electron chi connectivity index (χ2n) is 10.4. The number of benzene rings is 2. The minimum absolute atomic E-state index is 0.0135. The van der Waals surface area contributed by atoms with E-state index in [9.17, 15) is 18.4 Å². The lowest BCUT2D eigenvalue weighted by molar-refractivity contribution is 0.0646. The number of nitrogens with two attached hydrogens (primary N) is 1. The van der Waals surface area contributed by atoms with E-state index >= 15 is 0 Å². The van der Waals surface area contributed by atoms with Gasteiger partial charge in [-0.3, -0.25) is 14.6 Å². The lowest BCUT2D eigenvalue weighted by Gasteiger charge is -2.31. The van der Waals surface area contributed by atoms with Gasteiger partial charge in [0.2, 0.25) is 5.91 Å². The zero-order valence-corrected chi connectivity index (χ0v) is 22.6. The molecule has 0 saturated carbocycles. The zero-order valence-electron chi connectivity index (χ0n) is 22.6. The highest BCUT2D eigenvalue weighted by Crippen LogP contribution is 2.46. The molecule has 0 bridgehead atoms. The summed E-state index contributed by atoms with van der Waals surface area (Å²) in [6.07, 6.45) is 2.91. The van der Waals surface area contributed by atoms with Crippen LogP contribution in [0.15, 0.2) is 48.8 Å². The van der Waals surface area contributed by atoms with E-state index < -0.39 is 23.1 Å². The molecule has 5 rings (SSSR count). The molecule has 3 heterocycles. The molecule has 2 aromatic carbocycles. The first kappa shape index (κ1) is 26.8. The first-order chi connectivity index (χ1) is 18.9. The summed E-state index contributed by atoms with van der Waals surface area (Å²) in [6, 6.07) is 8.02. The summed E-state index contributed by atoms with van der Waals surface area (Å²) >= 11 is 0. The number of carbonyl (C=O) groups is 2. The third-order valence-electron chi connectivity index (χ3n) is 6.85. The average molecular weight is 548 g/mol. The first-order valence-electron chi connectivity index (χ1n) is 12.4. The molecule has 2 aromatic heterocycles. The summed E-state index contributed by atoms with van der Waals surface area (Å²) in [5, 5.41) is 4.57. The molecule has 2 N–H and O–H groups in total. The summed E-state index contributed by atoms with van der Waals surface area (Å²) in [4.78, 5) is 31.1. The summed E-state index contributed by atoms with van der Waals surface area (Å²) in [7, 11) is 3.15. The molecule has 11 heteroatoms. The number of carbonyl (C=O) groups excluding carboxylic acids is 2. The quantitative estimate of drug-likeness (QED) is 0.386. The van der Waals surface area contributed by atoms with Crippen LogP contribution in [0.1, 0.15) is 47.2 Å². The Bertz CT molecular complexity index is 1660. The second kappa shape index (κ2) is 9.74. The van der Waals surface area contributed by atoms with Crippen molar-refractivity contribution in [2.75, 3.05) is 14.2 Å². The number of hydrogen-bond acceptors (Lipinski definition) is 6. The van der Waals surface area contributed by atoms with Gasteiger partial charge in [0.25, 0.3) is 5.91 Å². The van der Waals surface area contributed by atoms with Gasteiger partial charge in [-0.25, -0.2) is 13.5 Å². The van der Waals surface area contributed by atoms with Crippen molar-refractivity contribution < 1.29 is 27.8 Å². The van der Waals surface area contributed by atoms with Gasteiger partial charge in [-0.1, -0.05) is 0 Å². The largest absolute Gasteiger partial charge is 0.496 e. The van der Waals surface area contributed by atoms with Crippen LogP contribution < -0.4 is 15.2 Å². The summed E-state index contributed by atoms with van der Waals surface area (Å²) in [5.41, 5.74) is 7.79. The highest BCUT2D eigenvalue weighted by molar-refractivity contribution is 5.98. The van der Waals surface area contributed by atoms with Gasteiger partial charge in [0, 0.05) is 59.4 Å². The fourth-order valence-corrected chi connectivity index (χ4v) is 4.48. The maximum absolute atomic E-state index is 14.3. The van der Waals surface area contributed by atoms with Crippen LogP contribution in [-0.2, 0) is 6.61 Å². The van der Waals surface area contributed by atoms with Gasteiger partial charge in [0.1, 0.15) is 29.7 Å². The Morgan fingerprint density at radius 2 is 1.75 bits per heavy atom. The highest BCUT2D eigenvalue weighted by atomic mass is 19.1. The van der Waals surface area contributed by atoms with Crippen molar-refractivity contribution in [1.29, 1.82) is 0 Å². The van der Waals surface area contributed by atoms with Crippen LogP contribution in [0.2, 0.25) is 0 Å². The highest BCUT2D eigenvalue weighted by Gasteiger charge is 2.35. The second-order valence-corrected chi connectivity index (χ2v) is 10.4. The number of primary amides is 1. The van der Waals surface area contributed by atoms with E-state index in [0.717, 1.165) is 18.2 Å². The number of methoxy groups -OCH3 is 1. The normalized spacial score (nSPS) is 12.3. The maximum atomic E-state index is 14.3. The van der Waals surface area contributed by atoms with Gasteiger partial charge in [0.15, 0.2) is 5.69 Å². The Kier molecular flexibility index (Phi) is 6.53. The number of aromatic nitrogens is 3. The molecule has 2 amide bonds. The number of rotatable bonds is 5. The fourth-order valence-electron chi connectivity index (χ4n) is 4.48. The van der Waals surface area contributed by atoms with Gasteiger partial charge in [-0.2, -0.15) is 5.10 Å². The predicted molar refractivity (Wildman–Crippen MR) is 143 cm³/mol. The number of fused-ring (bicyclic) bond motifs is 3. The van der Waals surface area contributed by atoms with Gasteiger partial charge >= 0.3 is 0 Å². The lowest BCUT2D eigenvalue weighted by Crippen LogP contribution is -2.43. The molecule has 0 atom stereocenters. The van der Waals surface area contributed by atoms with E-state index in [1.165, 1.54) is 18.0 Å². The van der Waals surface area contributed by atoms with Gasteiger partial charge in [-0.05, 0) is 45.0 Å². The van der Waals surface area contributed by atoms with Crippen LogP contribution in [0.3, 0.4) is 0 Å². The van der Waals surface area contributed by atoms with Crippen LogP contribution in [0.5, 0.6) is 11.5 Å². The molecule has 0 unspecified atom stereocenters. The van der Waals surface area contributed by atoms with Crippen LogP contribution in [0, 0.1) is 11.6 Å². The molecule has 9 nitrogen and oxygen atoms in total. The van der Waals surface area contributed by atoms with Crippen molar-refractivity contribution in [2.24, 2.45) is 5.73 Å². The van der Waals surface area contributed by atoms with Crippen molar-refractivity contribution in [3.8, 4) is 39.6 Å². The van der Waals surface area contributed by atoms with Crippen LogP contribution in [0.25, 0.3) is 28.1 Å². The van der Waals surface area contributed by atoms with Crippen LogP contribution in [0.4, 0.5) is 8.78 Å². The van der Waals surface area contributed by atoms with Crippen LogP contribution >= 0.6 is 0 Å². The van der Waals surface area contributed by atoms with Gasteiger partial charge in [0.05, 0.1) is 24.1 Å². The summed E-state index contributed by atoms with van der Waals surface area (Å²) in [5.74, 6) is -1.77.